The number of hydroxylamine groups is 1. The summed E-state index contributed by atoms with van der Waals surface area (Å²) >= 11 is 0. The van der Waals surface area contributed by atoms with Crippen LogP contribution >= 0.6 is 0 Å². The molecule has 0 spiro atoms. The van der Waals surface area contributed by atoms with Gasteiger partial charge in [0, 0.05) is 12.1 Å². The molecule has 0 radical (unpaired) electrons. The van der Waals surface area contributed by atoms with E-state index in [9.17, 15) is 5.11 Å². The fourth-order valence-corrected chi connectivity index (χ4v) is 1.16. The van der Waals surface area contributed by atoms with Crippen molar-refractivity contribution in [1.82, 2.24) is 5.48 Å². The first-order valence-corrected chi connectivity index (χ1v) is 3.96. The summed E-state index contributed by atoms with van der Waals surface area (Å²) < 4.78 is 0. The lowest BCUT2D eigenvalue weighted by atomic mass is 10.1. The van der Waals surface area contributed by atoms with Crippen molar-refractivity contribution in [3.05, 3.63) is 29.3 Å². The van der Waals surface area contributed by atoms with E-state index < -0.39 is 0 Å². The van der Waals surface area contributed by atoms with Crippen molar-refractivity contribution in [1.29, 1.82) is 0 Å². The fraction of sp³-hybridized carbons (Fsp3) is 0.333. The van der Waals surface area contributed by atoms with Gasteiger partial charge in [-0.3, -0.25) is 0 Å². The number of benzene rings is 1. The Bertz CT molecular complexity index is 261. The van der Waals surface area contributed by atoms with Crippen molar-refractivity contribution < 1.29 is 10.3 Å². The molecule has 0 aliphatic rings. The van der Waals surface area contributed by atoms with Crippen molar-refractivity contribution in [2.24, 2.45) is 0 Å². The number of phenolic OH excluding ortho intramolecular Hbond substituents is 1. The minimum absolute atomic E-state index is 0.277. The molecule has 0 aliphatic heterocycles. The topological polar surface area (TPSA) is 52.5 Å². The van der Waals surface area contributed by atoms with Crippen molar-refractivity contribution in [3.63, 3.8) is 0 Å². The highest BCUT2D eigenvalue weighted by Gasteiger charge is 2.03. The average molecular weight is 167 g/mol. The molecule has 3 nitrogen and oxygen atoms in total. The molecule has 0 saturated carbocycles. The summed E-state index contributed by atoms with van der Waals surface area (Å²) in [5.41, 5.74) is 3.64. The Balaban J connectivity index is 2.97. The van der Waals surface area contributed by atoms with E-state index in [0.717, 1.165) is 17.5 Å². The average Bonchev–Trinajstić information content (AvgIpc) is 2.09. The summed E-state index contributed by atoms with van der Waals surface area (Å²) in [4.78, 5) is 0. The van der Waals surface area contributed by atoms with Crippen LogP contribution in [0.2, 0.25) is 0 Å². The lowest BCUT2D eigenvalue weighted by Crippen LogP contribution is -2.06. The molecule has 0 bridgehead atoms. The maximum Gasteiger partial charge on any atom is 0.123 e. The molecule has 0 aromatic heterocycles. The SMILES string of the molecule is CCc1cccc(CNO)c1O. The zero-order valence-corrected chi connectivity index (χ0v) is 7.04. The van der Waals surface area contributed by atoms with Crippen LogP contribution in [0.1, 0.15) is 18.1 Å². The van der Waals surface area contributed by atoms with Gasteiger partial charge < -0.3 is 10.3 Å². The van der Waals surface area contributed by atoms with Crippen molar-refractivity contribution in [3.8, 4) is 5.75 Å². The second kappa shape index (κ2) is 4.09. The molecule has 0 fully saturated rings. The van der Waals surface area contributed by atoms with Crippen LogP contribution in [-0.2, 0) is 13.0 Å². The molecule has 0 heterocycles. The molecular formula is C9H13NO2. The summed E-state index contributed by atoms with van der Waals surface area (Å²) in [6.07, 6.45) is 0.797. The summed E-state index contributed by atoms with van der Waals surface area (Å²) in [6, 6.07) is 5.51. The number of hydrogen-bond acceptors (Lipinski definition) is 3. The van der Waals surface area contributed by atoms with E-state index in [1.807, 2.05) is 24.5 Å². The number of aryl methyl sites for hydroxylation is 1. The zero-order valence-electron chi connectivity index (χ0n) is 7.04. The van der Waals surface area contributed by atoms with Crippen LogP contribution in [0.5, 0.6) is 5.75 Å². The van der Waals surface area contributed by atoms with E-state index in [0.29, 0.717) is 0 Å². The van der Waals surface area contributed by atoms with E-state index in [1.54, 1.807) is 6.07 Å². The molecule has 3 N–H and O–H groups in total. The minimum Gasteiger partial charge on any atom is -0.507 e. The molecule has 12 heavy (non-hydrogen) atoms. The van der Waals surface area contributed by atoms with Crippen LogP contribution in [0.15, 0.2) is 18.2 Å². The maximum absolute atomic E-state index is 9.57. The van der Waals surface area contributed by atoms with Crippen LogP contribution < -0.4 is 5.48 Å². The van der Waals surface area contributed by atoms with E-state index in [-0.39, 0.29) is 12.3 Å². The molecule has 1 aromatic carbocycles. The van der Waals surface area contributed by atoms with Gasteiger partial charge >= 0.3 is 0 Å². The largest absolute Gasteiger partial charge is 0.507 e. The van der Waals surface area contributed by atoms with Crippen LogP contribution in [0.4, 0.5) is 0 Å². The fourth-order valence-electron chi connectivity index (χ4n) is 1.16. The van der Waals surface area contributed by atoms with Gasteiger partial charge in [0.2, 0.25) is 0 Å². The lowest BCUT2D eigenvalue weighted by Gasteiger charge is -2.06. The Labute approximate surface area is 71.6 Å². The van der Waals surface area contributed by atoms with Gasteiger partial charge in [0.25, 0.3) is 0 Å². The summed E-state index contributed by atoms with van der Waals surface area (Å²) in [5, 5.41) is 18.0. The predicted molar refractivity (Wildman–Crippen MR) is 46.1 cm³/mol. The standard InChI is InChI=1S/C9H13NO2/c1-2-7-4-3-5-8(6-10-12)9(7)11/h3-5,10-12H,2,6H2,1H3. The van der Waals surface area contributed by atoms with E-state index >= 15 is 0 Å². The number of nitrogens with one attached hydrogen (secondary N) is 1. The van der Waals surface area contributed by atoms with Gasteiger partial charge in [-0.15, -0.1) is 0 Å². The van der Waals surface area contributed by atoms with Gasteiger partial charge in [-0.2, -0.15) is 0 Å². The minimum atomic E-state index is 0.277. The Morgan fingerprint density at radius 3 is 2.58 bits per heavy atom. The third-order valence-electron chi connectivity index (χ3n) is 1.85. The molecule has 0 amide bonds. The van der Waals surface area contributed by atoms with E-state index in [1.165, 1.54) is 0 Å². The highest BCUT2D eigenvalue weighted by Crippen LogP contribution is 2.22. The first-order valence-electron chi connectivity index (χ1n) is 3.96. The van der Waals surface area contributed by atoms with Crippen LogP contribution in [0.3, 0.4) is 0 Å². The Hall–Kier alpha value is -1.06. The molecule has 0 saturated heterocycles. The molecule has 66 valence electrons. The van der Waals surface area contributed by atoms with Crippen LogP contribution in [-0.4, -0.2) is 10.3 Å². The lowest BCUT2D eigenvalue weighted by molar-refractivity contribution is 0.160. The third kappa shape index (κ3) is 1.75. The van der Waals surface area contributed by atoms with Crippen LogP contribution in [0, 0.1) is 0 Å². The van der Waals surface area contributed by atoms with E-state index in [4.69, 9.17) is 5.21 Å². The molecule has 0 atom stereocenters. The van der Waals surface area contributed by atoms with Gasteiger partial charge in [0.1, 0.15) is 5.75 Å². The number of hydrogen-bond donors (Lipinski definition) is 3. The normalized spacial score (nSPS) is 10.2. The summed E-state index contributed by atoms with van der Waals surface area (Å²) in [5.74, 6) is 0.279. The molecule has 0 aliphatic carbocycles. The van der Waals surface area contributed by atoms with Gasteiger partial charge in [0.05, 0.1) is 0 Å². The summed E-state index contributed by atoms with van der Waals surface area (Å²) in [7, 11) is 0. The predicted octanol–water partition coefficient (Wildman–Crippen LogP) is 1.43. The number of aromatic hydroxyl groups is 1. The molecule has 1 aromatic rings. The van der Waals surface area contributed by atoms with Gasteiger partial charge in [0.15, 0.2) is 0 Å². The quantitative estimate of drug-likeness (QED) is 0.597. The first-order chi connectivity index (χ1) is 5.79. The highest BCUT2D eigenvalue weighted by molar-refractivity contribution is 5.40. The Morgan fingerprint density at radius 1 is 1.33 bits per heavy atom. The Morgan fingerprint density at radius 2 is 2.00 bits per heavy atom. The smallest absolute Gasteiger partial charge is 0.123 e. The molecular weight excluding hydrogens is 154 g/mol. The maximum atomic E-state index is 9.57. The second-order valence-corrected chi connectivity index (χ2v) is 2.61. The van der Waals surface area contributed by atoms with Gasteiger partial charge in [-0.05, 0) is 12.0 Å². The number of phenols is 1. The molecule has 0 unspecified atom stereocenters. The highest BCUT2D eigenvalue weighted by atomic mass is 16.5. The Kier molecular flexibility index (Phi) is 3.08. The second-order valence-electron chi connectivity index (χ2n) is 2.61. The monoisotopic (exact) mass is 167 g/mol. The molecule has 3 heteroatoms. The first kappa shape index (κ1) is 9.03. The number of para-hydroxylation sites is 1. The van der Waals surface area contributed by atoms with Crippen molar-refractivity contribution in [2.45, 2.75) is 19.9 Å². The summed E-state index contributed by atoms with van der Waals surface area (Å²) in [6.45, 7) is 2.25. The van der Waals surface area contributed by atoms with Gasteiger partial charge in [-0.25, -0.2) is 5.48 Å². The van der Waals surface area contributed by atoms with Crippen molar-refractivity contribution >= 4 is 0 Å². The van der Waals surface area contributed by atoms with Gasteiger partial charge in [-0.1, -0.05) is 25.1 Å². The van der Waals surface area contributed by atoms with Crippen LogP contribution in [0.25, 0.3) is 0 Å². The number of rotatable bonds is 3. The zero-order chi connectivity index (χ0) is 8.97. The third-order valence-corrected chi connectivity index (χ3v) is 1.85. The molecule has 1 rings (SSSR count). The van der Waals surface area contributed by atoms with Crippen molar-refractivity contribution in [2.75, 3.05) is 0 Å². The van der Waals surface area contributed by atoms with E-state index in [2.05, 4.69) is 0 Å².